The molecule has 1 aliphatic heterocycles. The third kappa shape index (κ3) is 4.15. The van der Waals surface area contributed by atoms with E-state index in [9.17, 15) is 4.79 Å². The molecule has 0 aliphatic carbocycles. The van der Waals surface area contributed by atoms with Gasteiger partial charge in [-0.2, -0.15) is 11.8 Å². The Hall–Kier alpha value is -1.20. The molecule has 0 bridgehead atoms. The molecule has 5 heteroatoms. The van der Waals surface area contributed by atoms with E-state index in [1.54, 1.807) is 0 Å². The number of nitrogens with one attached hydrogen (secondary N) is 2. The molecule has 110 valence electrons. The van der Waals surface area contributed by atoms with Crippen LogP contribution in [-0.4, -0.2) is 42.6 Å². The normalized spacial score (nSPS) is 17.4. The minimum atomic E-state index is 0.0157. The molecule has 2 rings (SSSR count). The second kappa shape index (κ2) is 7.55. The third-order valence-corrected chi connectivity index (χ3v) is 4.65. The summed E-state index contributed by atoms with van der Waals surface area (Å²) in [5.74, 6) is 2.19. The Morgan fingerprint density at radius 2 is 2.00 bits per heavy atom. The van der Waals surface area contributed by atoms with Gasteiger partial charge < -0.3 is 15.5 Å². The molecule has 0 saturated carbocycles. The lowest BCUT2D eigenvalue weighted by Crippen LogP contribution is -2.36. The highest BCUT2D eigenvalue weighted by molar-refractivity contribution is 7.99. The van der Waals surface area contributed by atoms with Gasteiger partial charge in [-0.3, -0.25) is 0 Å². The van der Waals surface area contributed by atoms with E-state index < -0.39 is 0 Å². The zero-order valence-electron chi connectivity index (χ0n) is 12.2. The van der Waals surface area contributed by atoms with Crippen LogP contribution in [0, 0.1) is 0 Å². The second-order valence-electron chi connectivity index (χ2n) is 5.02. The summed E-state index contributed by atoms with van der Waals surface area (Å²) < 4.78 is 0. The van der Waals surface area contributed by atoms with E-state index >= 15 is 0 Å². The van der Waals surface area contributed by atoms with Gasteiger partial charge in [0, 0.05) is 30.6 Å². The highest BCUT2D eigenvalue weighted by Crippen LogP contribution is 2.17. The highest BCUT2D eigenvalue weighted by Gasteiger charge is 2.15. The minimum Gasteiger partial charge on any atom is -0.324 e. The topological polar surface area (TPSA) is 44.4 Å². The number of nitrogens with zero attached hydrogens (tertiary/aromatic N) is 1. The number of benzene rings is 1. The zero-order valence-corrected chi connectivity index (χ0v) is 13.0. The molecule has 1 aromatic carbocycles. The number of anilines is 1. The average molecular weight is 293 g/mol. The average Bonchev–Trinajstić information content (AvgIpc) is 2.76. The molecule has 2 N–H and O–H groups in total. The van der Waals surface area contributed by atoms with Crippen molar-refractivity contribution >= 4 is 23.5 Å². The van der Waals surface area contributed by atoms with Crippen LogP contribution in [0.15, 0.2) is 24.3 Å². The van der Waals surface area contributed by atoms with Crippen LogP contribution in [0.3, 0.4) is 0 Å². The van der Waals surface area contributed by atoms with Crippen LogP contribution >= 0.6 is 11.8 Å². The second-order valence-corrected chi connectivity index (χ2v) is 6.24. The van der Waals surface area contributed by atoms with E-state index in [1.165, 1.54) is 5.56 Å². The van der Waals surface area contributed by atoms with Crippen molar-refractivity contribution in [2.24, 2.45) is 0 Å². The monoisotopic (exact) mass is 293 g/mol. The van der Waals surface area contributed by atoms with Crippen molar-refractivity contribution in [1.29, 1.82) is 0 Å². The number of rotatable bonds is 3. The van der Waals surface area contributed by atoms with Crippen LogP contribution < -0.4 is 10.6 Å². The summed E-state index contributed by atoms with van der Waals surface area (Å²) in [6, 6.07) is 8.37. The van der Waals surface area contributed by atoms with Gasteiger partial charge in [0.1, 0.15) is 0 Å². The first-order chi connectivity index (χ1) is 9.70. The molecule has 1 aromatic rings. The van der Waals surface area contributed by atoms with Crippen LogP contribution in [-0.2, 0) is 0 Å². The molecule has 1 atom stereocenters. The smallest absolute Gasteiger partial charge is 0.321 e. The Kier molecular flexibility index (Phi) is 5.73. The van der Waals surface area contributed by atoms with Gasteiger partial charge in [-0.05, 0) is 43.8 Å². The summed E-state index contributed by atoms with van der Waals surface area (Å²) >= 11 is 1.92. The van der Waals surface area contributed by atoms with Gasteiger partial charge in [0.05, 0.1) is 0 Å². The first-order valence-corrected chi connectivity index (χ1v) is 8.27. The van der Waals surface area contributed by atoms with Gasteiger partial charge >= 0.3 is 6.03 Å². The number of carbonyl (C=O) groups is 1. The van der Waals surface area contributed by atoms with Gasteiger partial charge in [0.2, 0.25) is 0 Å². The molecule has 0 radical (unpaired) electrons. The summed E-state index contributed by atoms with van der Waals surface area (Å²) in [4.78, 5) is 14.1. The third-order valence-electron chi connectivity index (χ3n) is 3.60. The first kappa shape index (κ1) is 15.2. The van der Waals surface area contributed by atoms with Crippen molar-refractivity contribution in [2.75, 3.05) is 37.0 Å². The summed E-state index contributed by atoms with van der Waals surface area (Å²) in [6.07, 6.45) is 1.08. The van der Waals surface area contributed by atoms with Crippen LogP contribution in [0.1, 0.15) is 24.9 Å². The summed E-state index contributed by atoms with van der Waals surface area (Å²) in [5.41, 5.74) is 2.08. The molecule has 4 nitrogen and oxygen atoms in total. The maximum atomic E-state index is 12.2. The van der Waals surface area contributed by atoms with Crippen LogP contribution in [0.5, 0.6) is 0 Å². The Balaban J connectivity index is 1.93. The van der Waals surface area contributed by atoms with Crippen molar-refractivity contribution in [2.45, 2.75) is 19.4 Å². The van der Waals surface area contributed by atoms with Crippen molar-refractivity contribution in [3.63, 3.8) is 0 Å². The Labute approximate surface area is 125 Å². The predicted molar refractivity (Wildman–Crippen MR) is 86.5 cm³/mol. The SMILES string of the molecule is CNC(C)c1ccc(NC(=O)N2CCCSCC2)cc1. The molecular weight excluding hydrogens is 270 g/mol. The van der Waals surface area contributed by atoms with Crippen molar-refractivity contribution in [1.82, 2.24) is 10.2 Å². The Morgan fingerprint density at radius 3 is 2.70 bits per heavy atom. The number of hydrogen-bond donors (Lipinski definition) is 2. The van der Waals surface area contributed by atoms with E-state index in [4.69, 9.17) is 0 Å². The number of amides is 2. The number of urea groups is 1. The van der Waals surface area contributed by atoms with E-state index in [1.807, 2.05) is 35.8 Å². The Morgan fingerprint density at radius 1 is 1.25 bits per heavy atom. The molecule has 0 aromatic heterocycles. The largest absolute Gasteiger partial charge is 0.324 e. The van der Waals surface area contributed by atoms with E-state index in [-0.39, 0.29) is 6.03 Å². The molecule has 1 heterocycles. The van der Waals surface area contributed by atoms with E-state index in [0.29, 0.717) is 6.04 Å². The number of hydrogen-bond acceptors (Lipinski definition) is 3. The van der Waals surface area contributed by atoms with Gasteiger partial charge in [-0.15, -0.1) is 0 Å². The van der Waals surface area contributed by atoms with Gasteiger partial charge in [0.15, 0.2) is 0 Å². The Bertz CT molecular complexity index is 427. The predicted octanol–water partition coefficient (Wildman–Crippen LogP) is 2.94. The summed E-state index contributed by atoms with van der Waals surface area (Å²) in [7, 11) is 1.94. The zero-order chi connectivity index (χ0) is 14.4. The molecular formula is C15H23N3OS. The minimum absolute atomic E-state index is 0.0157. The number of carbonyl (C=O) groups excluding carboxylic acids is 1. The molecule has 1 fully saturated rings. The van der Waals surface area contributed by atoms with Crippen LogP contribution in [0.25, 0.3) is 0 Å². The van der Waals surface area contributed by atoms with Crippen LogP contribution in [0.2, 0.25) is 0 Å². The lowest BCUT2D eigenvalue weighted by molar-refractivity contribution is 0.216. The summed E-state index contributed by atoms with van der Waals surface area (Å²) in [5, 5.41) is 6.18. The fourth-order valence-electron chi connectivity index (χ4n) is 2.17. The summed E-state index contributed by atoms with van der Waals surface area (Å²) in [6.45, 7) is 3.81. The van der Waals surface area contributed by atoms with Crippen LogP contribution in [0.4, 0.5) is 10.5 Å². The van der Waals surface area contributed by atoms with E-state index in [2.05, 4.69) is 29.7 Å². The molecule has 1 unspecified atom stereocenters. The van der Waals surface area contributed by atoms with Gasteiger partial charge in [-0.1, -0.05) is 12.1 Å². The molecule has 1 saturated heterocycles. The highest BCUT2D eigenvalue weighted by atomic mass is 32.2. The van der Waals surface area contributed by atoms with Crippen molar-refractivity contribution in [3.05, 3.63) is 29.8 Å². The lowest BCUT2D eigenvalue weighted by atomic mass is 10.1. The van der Waals surface area contributed by atoms with Gasteiger partial charge in [0.25, 0.3) is 0 Å². The molecule has 20 heavy (non-hydrogen) atoms. The van der Waals surface area contributed by atoms with Gasteiger partial charge in [-0.25, -0.2) is 4.79 Å². The number of thioether (sulfide) groups is 1. The van der Waals surface area contributed by atoms with Crippen molar-refractivity contribution < 1.29 is 4.79 Å². The molecule has 2 amide bonds. The fourth-order valence-corrected chi connectivity index (χ4v) is 3.06. The maximum Gasteiger partial charge on any atom is 0.321 e. The fraction of sp³-hybridized carbons (Fsp3) is 0.533. The van der Waals surface area contributed by atoms with Crippen molar-refractivity contribution in [3.8, 4) is 0 Å². The molecule has 1 aliphatic rings. The first-order valence-electron chi connectivity index (χ1n) is 7.11. The maximum absolute atomic E-state index is 12.2. The standard InChI is InChI=1S/C15H23N3OS/c1-12(16-2)13-4-6-14(7-5-13)17-15(19)18-8-3-10-20-11-9-18/h4-7,12,16H,3,8-11H2,1-2H3,(H,17,19). The van der Waals surface area contributed by atoms with E-state index in [0.717, 1.165) is 36.7 Å². The quantitative estimate of drug-likeness (QED) is 0.900. The molecule has 0 spiro atoms. The lowest BCUT2D eigenvalue weighted by Gasteiger charge is -2.20.